The summed E-state index contributed by atoms with van der Waals surface area (Å²) in [5.74, 6) is 2.18. The van der Waals surface area contributed by atoms with Crippen LogP contribution in [0.5, 0.6) is 28.7 Å². The molecular weight excluding hydrogens is 410 g/mol. The molecule has 0 aliphatic carbocycles. The Hall–Kier alpha value is -2.65. The number of benzene rings is 2. The normalized spacial score (nSPS) is 15.5. The molecule has 164 valence electrons. The van der Waals surface area contributed by atoms with Gasteiger partial charge in [-0.25, -0.2) is 8.42 Å². The summed E-state index contributed by atoms with van der Waals surface area (Å²) < 4.78 is 55.5. The quantitative estimate of drug-likeness (QED) is 0.628. The lowest BCUT2D eigenvalue weighted by Crippen LogP contribution is -2.42. The Morgan fingerprint density at radius 3 is 1.63 bits per heavy atom. The van der Waals surface area contributed by atoms with Gasteiger partial charge in [-0.3, -0.25) is 0 Å². The van der Waals surface area contributed by atoms with Crippen LogP contribution in [0.2, 0.25) is 0 Å². The van der Waals surface area contributed by atoms with E-state index in [9.17, 15) is 8.42 Å². The molecule has 0 radical (unpaired) electrons. The molecule has 1 aliphatic heterocycles. The molecule has 3 rings (SSSR count). The van der Waals surface area contributed by atoms with Gasteiger partial charge in [-0.2, -0.15) is 4.31 Å². The third-order valence-corrected chi connectivity index (χ3v) is 7.01. The lowest BCUT2D eigenvalue weighted by molar-refractivity contribution is 0.126. The minimum atomic E-state index is -3.79. The van der Waals surface area contributed by atoms with Crippen molar-refractivity contribution in [3.63, 3.8) is 0 Å². The van der Waals surface area contributed by atoms with Gasteiger partial charge in [0.2, 0.25) is 15.8 Å². The van der Waals surface area contributed by atoms with Crippen molar-refractivity contribution in [3.8, 4) is 28.7 Å². The first-order valence-electron chi connectivity index (χ1n) is 9.55. The second-order valence-electron chi connectivity index (χ2n) is 6.70. The standard InChI is InChI=1S/C21H27NO7S/c1-25-16-7-5-8-17(26-2)20(16)29-15-11-13-22(14-12-15)30(23,24)21-18(27-3)9-6-10-19(21)28-4/h5-10,15H,11-14H2,1-4H3. The second-order valence-corrected chi connectivity index (χ2v) is 8.58. The first kappa shape index (κ1) is 22.0. The van der Waals surface area contributed by atoms with Crippen LogP contribution >= 0.6 is 0 Å². The Morgan fingerprint density at radius 1 is 0.767 bits per heavy atom. The topological polar surface area (TPSA) is 83.5 Å². The Balaban J connectivity index is 1.77. The second kappa shape index (κ2) is 9.44. The van der Waals surface area contributed by atoms with Crippen LogP contribution in [-0.2, 0) is 10.0 Å². The third kappa shape index (κ3) is 4.27. The van der Waals surface area contributed by atoms with Crippen molar-refractivity contribution < 1.29 is 32.1 Å². The SMILES string of the molecule is COc1cccc(OC)c1OC1CCN(S(=O)(=O)c2c(OC)cccc2OC)CC1. The lowest BCUT2D eigenvalue weighted by atomic mass is 10.1. The summed E-state index contributed by atoms with van der Waals surface area (Å²) in [6.07, 6.45) is 0.886. The zero-order valence-electron chi connectivity index (χ0n) is 17.6. The molecule has 9 heteroatoms. The fourth-order valence-corrected chi connectivity index (χ4v) is 5.25. The average molecular weight is 438 g/mol. The molecule has 8 nitrogen and oxygen atoms in total. The summed E-state index contributed by atoms with van der Waals surface area (Å²) >= 11 is 0. The van der Waals surface area contributed by atoms with Crippen LogP contribution in [-0.4, -0.2) is 60.4 Å². The van der Waals surface area contributed by atoms with Crippen molar-refractivity contribution in [1.82, 2.24) is 4.31 Å². The molecule has 0 spiro atoms. The predicted octanol–water partition coefficient (Wildman–Crippen LogP) is 2.95. The minimum Gasteiger partial charge on any atom is -0.495 e. The smallest absolute Gasteiger partial charge is 0.250 e. The molecule has 0 unspecified atom stereocenters. The van der Waals surface area contributed by atoms with E-state index in [1.807, 2.05) is 6.07 Å². The van der Waals surface area contributed by atoms with Gasteiger partial charge >= 0.3 is 0 Å². The minimum absolute atomic E-state index is 0.0424. The lowest BCUT2D eigenvalue weighted by Gasteiger charge is -2.32. The largest absolute Gasteiger partial charge is 0.495 e. The Morgan fingerprint density at radius 2 is 1.20 bits per heavy atom. The number of para-hydroxylation sites is 1. The first-order chi connectivity index (χ1) is 14.5. The number of sulfonamides is 1. The number of ether oxygens (including phenoxy) is 5. The van der Waals surface area contributed by atoms with Crippen molar-refractivity contribution in [2.75, 3.05) is 41.5 Å². The highest BCUT2D eigenvalue weighted by Gasteiger charge is 2.35. The van der Waals surface area contributed by atoms with Gasteiger partial charge in [-0.1, -0.05) is 12.1 Å². The Labute approximate surface area is 177 Å². The number of hydrogen-bond donors (Lipinski definition) is 0. The molecule has 2 aromatic carbocycles. The van der Waals surface area contributed by atoms with E-state index in [-0.39, 0.29) is 22.5 Å². The van der Waals surface area contributed by atoms with Crippen LogP contribution in [0.1, 0.15) is 12.8 Å². The summed E-state index contributed by atoms with van der Waals surface area (Å²) in [5.41, 5.74) is 0. The molecular formula is C21H27NO7S. The summed E-state index contributed by atoms with van der Waals surface area (Å²) in [4.78, 5) is 0.0424. The van der Waals surface area contributed by atoms with Crippen LogP contribution in [0.4, 0.5) is 0 Å². The Bertz CT molecular complexity index is 925. The number of rotatable bonds is 8. The van der Waals surface area contributed by atoms with Crippen molar-refractivity contribution in [2.45, 2.75) is 23.8 Å². The van der Waals surface area contributed by atoms with Gasteiger partial charge in [0.05, 0.1) is 28.4 Å². The van der Waals surface area contributed by atoms with Gasteiger partial charge in [0.1, 0.15) is 17.6 Å². The van der Waals surface area contributed by atoms with Gasteiger partial charge in [-0.15, -0.1) is 0 Å². The van der Waals surface area contributed by atoms with E-state index in [1.165, 1.54) is 18.5 Å². The number of methoxy groups -OCH3 is 4. The fourth-order valence-electron chi connectivity index (χ4n) is 3.49. The molecule has 0 atom stereocenters. The van der Waals surface area contributed by atoms with E-state index >= 15 is 0 Å². The number of hydrogen-bond acceptors (Lipinski definition) is 7. The van der Waals surface area contributed by atoms with E-state index in [1.54, 1.807) is 44.6 Å². The van der Waals surface area contributed by atoms with Crippen LogP contribution in [0.15, 0.2) is 41.3 Å². The highest BCUT2D eigenvalue weighted by Crippen LogP contribution is 2.40. The van der Waals surface area contributed by atoms with Gasteiger partial charge < -0.3 is 23.7 Å². The molecule has 0 aromatic heterocycles. The van der Waals surface area contributed by atoms with Gasteiger partial charge in [0.15, 0.2) is 16.4 Å². The maximum absolute atomic E-state index is 13.3. The summed E-state index contributed by atoms with van der Waals surface area (Å²) in [5, 5.41) is 0. The summed E-state index contributed by atoms with van der Waals surface area (Å²) in [6.45, 7) is 0.622. The molecule has 1 saturated heterocycles. The van der Waals surface area contributed by atoms with Gasteiger partial charge in [-0.05, 0) is 37.1 Å². The molecule has 0 bridgehead atoms. The average Bonchev–Trinajstić information content (AvgIpc) is 2.78. The van der Waals surface area contributed by atoms with Crippen molar-refractivity contribution in [3.05, 3.63) is 36.4 Å². The highest BCUT2D eigenvalue weighted by atomic mass is 32.2. The van der Waals surface area contributed by atoms with E-state index in [2.05, 4.69) is 0 Å². The van der Waals surface area contributed by atoms with E-state index in [0.29, 0.717) is 43.2 Å². The molecule has 0 saturated carbocycles. The molecule has 2 aromatic rings. The first-order valence-corrected chi connectivity index (χ1v) is 11.0. The van der Waals surface area contributed by atoms with Crippen molar-refractivity contribution in [2.24, 2.45) is 0 Å². The predicted molar refractivity (Wildman–Crippen MR) is 112 cm³/mol. The van der Waals surface area contributed by atoms with E-state index in [4.69, 9.17) is 23.7 Å². The summed E-state index contributed by atoms with van der Waals surface area (Å²) in [6, 6.07) is 10.3. The third-order valence-electron chi connectivity index (χ3n) is 5.05. The summed E-state index contributed by atoms with van der Waals surface area (Å²) in [7, 11) is 2.22. The highest BCUT2D eigenvalue weighted by molar-refractivity contribution is 7.89. The van der Waals surface area contributed by atoms with Gasteiger partial charge in [0, 0.05) is 13.1 Å². The number of piperidine rings is 1. The molecule has 1 heterocycles. The fraction of sp³-hybridized carbons (Fsp3) is 0.429. The maximum Gasteiger partial charge on any atom is 0.250 e. The molecule has 30 heavy (non-hydrogen) atoms. The molecule has 1 fully saturated rings. The van der Waals surface area contributed by atoms with Crippen LogP contribution in [0.3, 0.4) is 0 Å². The Kier molecular flexibility index (Phi) is 6.94. The zero-order valence-corrected chi connectivity index (χ0v) is 18.4. The molecule has 1 aliphatic rings. The molecule has 0 N–H and O–H groups in total. The zero-order chi connectivity index (χ0) is 21.7. The van der Waals surface area contributed by atoms with E-state index < -0.39 is 10.0 Å². The van der Waals surface area contributed by atoms with Crippen LogP contribution in [0.25, 0.3) is 0 Å². The van der Waals surface area contributed by atoms with Crippen molar-refractivity contribution in [1.29, 1.82) is 0 Å². The molecule has 0 amide bonds. The van der Waals surface area contributed by atoms with Crippen LogP contribution in [0, 0.1) is 0 Å². The van der Waals surface area contributed by atoms with Crippen LogP contribution < -0.4 is 23.7 Å². The maximum atomic E-state index is 13.3. The van der Waals surface area contributed by atoms with E-state index in [0.717, 1.165) is 0 Å². The monoisotopic (exact) mass is 437 g/mol. The van der Waals surface area contributed by atoms with Gasteiger partial charge in [0.25, 0.3) is 0 Å². The number of nitrogens with zero attached hydrogens (tertiary/aromatic N) is 1. The van der Waals surface area contributed by atoms with Crippen molar-refractivity contribution >= 4 is 10.0 Å².